The van der Waals surface area contributed by atoms with Crippen LogP contribution in [0.1, 0.15) is 11.6 Å². The molecule has 0 amide bonds. The number of rotatable bonds is 2. The van der Waals surface area contributed by atoms with E-state index in [4.69, 9.17) is 5.11 Å². The first-order chi connectivity index (χ1) is 6.79. The van der Waals surface area contributed by atoms with Crippen molar-refractivity contribution in [3.8, 4) is 0 Å². The highest BCUT2D eigenvalue weighted by Gasteiger charge is 2.34. The van der Waals surface area contributed by atoms with Crippen LogP contribution in [0.5, 0.6) is 0 Å². The van der Waals surface area contributed by atoms with E-state index in [1.165, 1.54) is 0 Å². The Morgan fingerprint density at radius 2 is 2.36 bits per heavy atom. The zero-order chi connectivity index (χ0) is 9.97. The zero-order valence-electron chi connectivity index (χ0n) is 7.55. The van der Waals surface area contributed by atoms with Gasteiger partial charge in [0.2, 0.25) is 0 Å². The minimum absolute atomic E-state index is 0.0544. The van der Waals surface area contributed by atoms with Crippen molar-refractivity contribution in [1.82, 2.24) is 15.3 Å². The molecule has 0 aromatic carbocycles. The molecule has 0 aliphatic carbocycles. The normalized spacial score (nSPS) is 26.3. The highest BCUT2D eigenvalue weighted by molar-refractivity contribution is 5.72. The second kappa shape index (κ2) is 3.71. The van der Waals surface area contributed by atoms with Gasteiger partial charge in [-0.25, -0.2) is 0 Å². The average Bonchev–Trinajstić information content (AvgIpc) is 2.67. The van der Waals surface area contributed by atoms with Crippen LogP contribution in [0, 0.1) is 5.92 Å². The number of aromatic nitrogens is 2. The molecule has 0 bridgehead atoms. The van der Waals surface area contributed by atoms with Crippen molar-refractivity contribution in [3.05, 3.63) is 24.3 Å². The Labute approximate surface area is 81.2 Å². The lowest BCUT2D eigenvalue weighted by Crippen LogP contribution is -2.21. The highest BCUT2D eigenvalue weighted by atomic mass is 16.4. The topological polar surface area (TPSA) is 75.1 Å². The number of carbonyl (C=O) groups is 1. The summed E-state index contributed by atoms with van der Waals surface area (Å²) in [6.07, 6.45) is 4.81. The Bertz CT molecular complexity index is 328. The lowest BCUT2D eigenvalue weighted by Gasteiger charge is -2.12. The van der Waals surface area contributed by atoms with Crippen LogP contribution in [-0.2, 0) is 4.79 Å². The Balaban J connectivity index is 2.22. The van der Waals surface area contributed by atoms with Gasteiger partial charge in [0.1, 0.15) is 0 Å². The van der Waals surface area contributed by atoms with Crippen molar-refractivity contribution in [2.24, 2.45) is 5.92 Å². The monoisotopic (exact) mass is 193 g/mol. The molecular weight excluding hydrogens is 182 g/mol. The maximum Gasteiger partial charge on any atom is 0.308 e. The first-order valence-electron chi connectivity index (χ1n) is 4.48. The largest absolute Gasteiger partial charge is 0.481 e. The van der Waals surface area contributed by atoms with Crippen LogP contribution in [0.3, 0.4) is 0 Å². The number of aliphatic carboxylic acids is 1. The van der Waals surface area contributed by atoms with E-state index in [1.54, 1.807) is 18.6 Å². The molecule has 0 saturated carbocycles. The third kappa shape index (κ3) is 1.58. The minimum Gasteiger partial charge on any atom is -0.481 e. The van der Waals surface area contributed by atoms with E-state index < -0.39 is 5.97 Å². The molecule has 1 aliphatic heterocycles. The summed E-state index contributed by atoms with van der Waals surface area (Å²) in [5.41, 5.74) is 0.755. The molecule has 1 aromatic rings. The Morgan fingerprint density at radius 3 is 3.00 bits per heavy atom. The second-order valence-corrected chi connectivity index (χ2v) is 3.34. The van der Waals surface area contributed by atoms with Gasteiger partial charge in [0.15, 0.2) is 0 Å². The molecule has 14 heavy (non-hydrogen) atoms. The van der Waals surface area contributed by atoms with Gasteiger partial charge in [0.05, 0.1) is 11.6 Å². The average molecular weight is 193 g/mol. The number of carboxylic acid groups (broad SMARTS) is 1. The van der Waals surface area contributed by atoms with Crippen molar-refractivity contribution in [2.75, 3.05) is 13.1 Å². The van der Waals surface area contributed by atoms with E-state index in [9.17, 15) is 4.79 Å². The molecule has 2 rings (SSSR count). The maximum absolute atomic E-state index is 10.9. The van der Waals surface area contributed by atoms with Gasteiger partial charge in [-0.15, -0.1) is 0 Å². The van der Waals surface area contributed by atoms with Crippen molar-refractivity contribution < 1.29 is 9.90 Å². The van der Waals surface area contributed by atoms with Crippen molar-refractivity contribution in [2.45, 2.75) is 5.92 Å². The minimum atomic E-state index is -0.773. The molecule has 1 saturated heterocycles. The van der Waals surface area contributed by atoms with Crippen LogP contribution in [0.4, 0.5) is 0 Å². The highest BCUT2D eigenvalue weighted by Crippen LogP contribution is 2.25. The van der Waals surface area contributed by atoms with E-state index in [-0.39, 0.29) is 11.8 Å². The van der Waals surface area contributed by atoms with Gasteiger partial charge in [-0.05, 0) is 0 Å². The quantitative estimate of drug-likeness (QED) is 0.684. The van der Waals surface area contributed by atoms with Gasteiger partial charge < -0.3 is 10.4 Å². The summed E-state index contributed by atoms with van der Waals surface area (Å²) in [5, 5.41) is 12.0. The molecular formula is C9H11N3O2. The van der Waals surface area contributed by atoms with Crippen LogP contribution in [0.15, 0.2) is 18.6 Å². The summed E-state index contributed by atoms with van der Waals surface area (Å²) in [6, 6.07) is 0. The smallest absolute Gasteiger partial charge is 0.308 e. The van der Waals surface area contributed by atoms with Gasteiger partial charge >= 0.3 is 5.97 Å². The third-order valence-electron chi connectivity index (χ3n) is 2.49. The SMILES string of the molecule is O=C(O)C1CNCC1c1cnccn1. The number of hydrogen-bond acceptors (Lipinski definition) is 4. The van der Waals surface area contributed by atoms with E-state index in [1.807, 2.05) is 0 Å². The Morgan fingerprint density at radius 1 is 1.50 bits per heavy atom. The molecule has 1 fully saturated rings. The Kier molecular flexibility index (Phi) is 2.41. The standard InChI is InChI=1S/C9H11N3O2/c13-9(14)7-4-11-3-6(7)8-5-10-1-2-12-8/h1-2,5-7,11H,3-4H2,(H,13,14). The molecule has 5 heteroatoms. The fourth-order valence-electron chi connectivity index (χ4n) is 1.75. The van der Waals surface area contributed by atoms with Gasteiger partial charge in [0.25, 0.3) is 0 Å². The molecule has 1 aliphatic rings. The molecule has 2 N–H and O–H groups in total. The number of carboxylic acids is 1. The van der Waals surface area contributed by atoms with Crippen LogP contribution < -0.4 is 5.32 Å². The number of nitrogens with zero attached hydrogens (tertiary/aromatic N) is 2. The van der Waals surface area contributed by atoms with Gasteiger partial charge in [-0.3, -0.25) is 14.8 Å². The number of nitrogens with one attached hydrogen (secondary N) is 1. The number of hydrogen-bond donors (Lipinski definition) is 2. The summed E-state index contributed by atoms with van der Waals surface area (Å²) in [4.78, 5) is 19.0. The molecule has 0 radical (unpaired) electrons. The predicted molar refractivity (Wildman–Crippen MR) is 48.8 cm³/mol. The molecule has 74 valence electrons. The van der Waals surface area contributed by atoms with Gasteiger partial charge in [-0.2, -0.15) is 0 Å². The summed E-state index contributed by atoms with van der Waals surface area (Å²) in [5.74, 6) is -1.21. The van der Waals surface area contributed by atoms with Crippen molar-refractivity contribution in [1.29, 1.82) is 0 Å². The Hall–Kier alpha value is -1.49. The maximum atomic E-state index is 10.9. The van der Waals surface area contributed by atoms with Crippen LogP contribution >= 0.6 is 0 Å². The molecule has 1 aromatic heterocycles. The van der Waals surface area contributed by atoms with Gasteiger partial charge in [0, 0.05) is 37.6 Å². The summed E-state index contributed by atoms with van der Waals surface area (Å²) in [6.45, 7) is 1.17. The molecule has 5 nitrogen and oxygen atoms in total. The van der Waals surface area contributed by atoms with E-state index in [2.05, 4.69) is 15.3 Å². The van der Waals surface area contributed by atoms with Crippen molar-refractivity contribution >= 4 is 5.97 Å². The summed E-state index contributed by atoms with van der Waals surface area (Å²) < 4.78 is 0. The predicted octanol–water partition coefficient (Wildman–Crippen LogP) is -0.136. The first-order valence-corrected chi connectivity index (χ1v) is 4.48. The third-order valence-corrected chi connectivity index (χ3v) is 2.49. The second-order valence-electron chi connectivity index (χ2n) is 3.34. The van der Waals surface area contributed by atoms with E-state index >= 15 is 0 Å². The summed E-state index contributed by atoms with van der Waals surface area (Å²) in [7, 11) is 0. The lowest BCUT2D eigenvalue weighted by atomic mass is 9.93. The van der Waals surface area contributed by atoms with Crippen LogP contribution in [0.25, 0.3) is 0 Å². The van der Waals surface area contributed by atoms with Crippen LogP contribution in [-0.4, -0.2) is 34.1 Å². The van der Waals surface area contributed by atoms with Gasteiger partial charge in [-0.1, -0.05) is 0 Å². The molecule has 0 spiro atoms. The molecule has 2 atom stereocenters. The fourth-order valence-corrected chi connectivity index (χ4v) is 1.75. The van der Waals surface area contributed by atoms with E-state index in [0.29, 0.717) is 13.1 Å². The lowest BCUT2D eigenvalue weighted by molar-refractivity contribution is -0.141. The van der Waals surface area contributed by atoms with E-state index in [0.717, 1.165) is 5.69 Å². The van der Waals surface area contributed by atoms with Crippen LogP contribution in [0.2, 0.25) is 0 Å². The fraction of sp³-hybridized carbons (Fsp3) is 0.444. The van der Waals surface area contributed by atoms with Crippen molar-refractivity contribution in [3.63, 3.8) is 0 Å². The first kappa shape index (κ1) is 9.08. The molecule has 2 heterocycles. The zero-order valence-corrected chi connectivity index (χ0v) is 7.55. The summed E-state index contributed by atoms with van der Waals surface area (Å²) >= 11 is 0. The molecule has 2 unspecified atom stereocenters.